The van der Waals surface area contributed by atoms with Crippen LogP contribution in [0.2, 0.25) is 0 Å². The summed E-state index contributed by atoms with van der Waals surface area (Å²) in [6.45, 7) is 2.46. The van der Waals surface area contributed by atoms with E-state index in [1.165, 1.54) is 6.07 Å². The predicted molar refractivity (Wildman–Crippen MR) is 65.7 cm³/mol. The fourth-order valence-corrected chi connectivity index (χ4v) is 2.05. The first-order valence-corrected chi connectivity index (χ1v) is 6.15. The topological polar surface area (TPSA) is 47.3 Å². The number of benzene rings is 1. The van der Waals surface area contributed by atoms with Crippen LogP contribution in [-0.2, 0) is 6.42 Å². The Morgan fingerprint density at radius 2 is 2.35 bits per heavy atom. The summed E-state index contributed by atoms with van der Waals surface area (Å²) >= 11 is 0. The van der Waals surface area contributed by atoms with Gasteiger partial charge in [0.2, 0.25) is 0 Å². The van der Waals surface area contributed by atoms with Crippen molar-refractivity contribution in [1.29, 1.82) is 0 Å². The number of hydrogen-bond donors (Lipinski definition) is 2. The van der Waals surface area contributed by atoms with E-state index in [-0.39, 0.29) is 11.9 Å². The molecule has 1 atom stereocenters. The second-order valence-electron chi connectivity index (χ2n) is 4.38. The Morgan fingerprint density at radius 1 is 1.47 bits per heavy atom. The molecule has 0 fully saturated rings. The number of ether oxygens (including phenoxy) is 1. The standard InChI is InChI=1S/C13H19FN2O/c14-11-3-5-13-10(8-11)2-4-12(17-13)9-16-7-1-6-15/h3,5,8,12,16H,1-2,4,6-7,9,15H2. The van der Waals surface area contributed by atoms with E-state index >= 15 is 0 Å². The zero-order chi connectivity index (χ0) is 12.1. The molecule has 3 N–H and O–H groups in total. The number of fused-ring (bicyclic) bond motifs is 1. The molecule has 0 aliphatic carbocycles. The van der Waals surface area contributed by atoms with E-state index in [9.17, 15) is 4.39 Å². The van der Waals surface area contributed by atoms with E-state index in [2.05, 4.69) is 5.32 Å². The van der Waals surface area contributed by atoms with Crippen LogP contribution in [0.4, 0.5) is 4.39 Å². The second kappa shape index (κ2) is 5.98. The molecule has 0 spiro atoms. The molecule has 94 valence electrons. The van der Waals surface area contributed by atoms with Gasteiger partial charge in [0.1, 0.15) is 17.7 Å². The maximum Gasteiger partial charge on any atom is 0.123 e. The molecular weight excluding hydrogens is 219 g/mol. The fourth-order valence-electron chi connectivity index (χ4n) is 2.05. The van der Waals surface area contributed by atoms with Crippen LogP contribution in [0.25, 0.3) is 0 Å². The largest absolute Gasteiger partial charge is 0.489 e. The Morgan fingerprint density at radius 3 is 3.18 bits per heavy atom. The highest BCUT2D eigenvalue weighted by Crippen LogP contribution is 2.27. The van der Waals surface area contributed by atoms with Gasteiger partial charge in [0, 0.05) is 6.54 Å². The van der Waals surface area contributed by atoms with Gasteiger partial charge in [0.25, 0.3) is 0 Å². The van der Waals surface area contributed by atoms with Gasteiger partial charge >= 0.3 is 0 Å². The van der Waals surface area contributed by atoms with Gasteiger partial charge in [-0.15, -0.1) is 0 Å². The van der Waals surface area contributed by atoms with Crippen LogP contribution in [0, 0.1) is 5.82 Å². The van der Waals surface area contributed by atoms with Gasteiger partial charge in [-0.3, -0.25) is 0 Å². The van der Waals surface area contributed by atoms with E-state index in [0.717, 1.165) is 43.7 Å². The molecule has 0 bridgehead atoms. The smallest absolute Gasteiger partial charge is 0.123 e. The third-order valence-electron chi connectivity index (χ3n) is 2.98. The summed E-state index contributed by atoms with van der Waals surface area (Å²) in [5, 5.41) is 3.32. The molecule has 0 saturated carbocycles. The molecule has 17 heavy (non-hydrogen) atoms. The molecule has 0 saturated heterocycles. The van der Waals surface area contributed by atoms with Crippen molar-refractivity contribution in [2.24, 2.45) is 5.73 Å². The maximum atomic E-state index is 13.0. The third kappa shape index (κ3) is 3.41. The lowest BCUT2D eigenvalue weighted by Crippen LogP contribution is -2.35. The molecule has 1 aromatic carbocycles. The molecule has 1 aliphatic rings. The van der Waals surface area contributed by atoms with Crippen LogP contribution in [0.15, 0.2) is 18.2 Å². The molecule has 1 unspecified atom stereocenters. The van der Waals surface area contributed by atoms with E-state index < -0.39 is 0 Å². The lowest BCUT2D eigenvalue weighted by atomic mass is 10.0. The second-order valence-corrected chi connectivity index (χ2v) is 4.38. The quantitative estimate of drug-likeness (QED) is 0.763. The summed E-state index contributed by atoms with van der Waals surface area (Å²) in [4.78, 5) is 0. The number of aryl methyl sites for hydroxylation is 1. The molecule has 0 amide bonds. The summed E-state index contributed by atoms with van der Waals surface area (Å²) in [5.74, 6) is 0.634. The Hall–Kier alpha value is -1.13. The normalized spacial score (nSPS) is 18.6. The summed E-state index contributed by atoms with van der Waals surface area (Å²) in [5.41, 5.74) is 6.39. The molecule has 2 rings (SSSR count). The van der Waals surface area contributed by atoms with Crippen LogP contribution >= 0.6 is 0 Å². The highest BCUT2D eigenvalue weighted by molar-refractivity contribution is 5.35. The van der Waals surface area contributed by atoms with Crippen LogP contribution in [-0.4, -0.2) is 25.7 Å². The molecule has 4 heteroatoms. The van der Waals surface area contributed by atoms with Gasteiger partial charge in [-0.2, -0.15) is 0 Å². The molecular formula is C13H19FN2O. The van der Waals surface area contributed by atoms with Crippen LogP contribution in [0.1, 0.15) is 18.4 Å². The number of halogens is 1. The predicted octanol–water partition coefficient (Wildman–Crippen LogP) is 1.46. The summed E-state index contributed by atoms with van der Waals surface area (Å²) in [6.07, 6.45) is 2.99. The lowest BCUT2D eigenvalue weighted by molar-refractivity contribution is 0.170. The van der Waals surface area contributed by atoms with Gasteiger partial charge in [0.15, 0.2) is 0 Å². The minimum absolute atomic E-state index is 0.186. The zero-order valence-electron chi connectivity index (χ0n) is 9.92. The minimum atomic E-state index is -0.188. The number of nitrogens with one attached hydrogen (secondary N) is 1. The van der Waals surface area contributed by atoms with Crippen molar-refractivity contribution in [3.63, 3.8) is 0 Å². The van der Waals surface area contributed by atoms with Gasteiger partial charge in [-0.05, 0) is 56.1 Å². The van der Waals surface area contributed by atoms with E-state index in [1.54, 1.807) is 12.1 Å². The molecule has 1 heterocycles. The Balaban J connectivity index is 1.84. The number of nitrogens with two attached hydrogens (primary N) is 1. The van der Waals surface area contributed by atoms with E-state index in [0.29, 0.717) is 6.54 Å². The van der Waals surface area contributed by atoms with Crippen LogP contribution in [0.3, 0.4) is 0 Å². The molecule has 1 aliphatic heterocycles. The average molecular weight is 238 g/mol. The minimum Gasteiger partial charge on any atom is -0.489 e. The van der Waals surface area contributed by atoms with Gasteiger partial charge in [-0.1, -0.05) is 0 Å². The highest BCUT2D eigenvalue weighted by Gasteiger charge is 2.19. The highest BCUT2D eigenvalue weighted by atomic mass is 19.1. The van der Waals surface area contributed by atoms with E-state index in [4.69, 9.17) is 10.5 Å². The molecule has 0 radical (unpaired) electrons. The molecule has 1 aromatic rings. The van der Waals surface area contributed by atoms with Crippen molar-refractivity contribution in [3.05, 3.63) is 29.6 Å². The van der Waals surface area contributed by atoms with E-state index in [1.807, 2.05) is 0 Å². The van der Waals surface area contributed by atoms with Gasteiger partial charge < -0.3 is 15.8 Å². The molecule has 0 aromatic heterocycles. The van der Waals surface area contributed by atoms with Crippen molar-refractivity contribution in [2.75, 3.05) is 19.6 Å². The first-order chi connectivity index (χ1) is 8.29. The Kier molecular flexibility index (Phi) is 4.34. The van der Waals surface area contributed by atoms with Crippen LogP contribution in [0.5, 0.6) is 5.75 Å². The van der Waals surface area contributed by atoms with Crippen molar-refractivity contribution < 1.29 is 9.13 Å². The Bertz CT molecular complexity index is 370. The third-order valence-corrected chi connectivity index (χ3v) is 2.98. The van der Waals surface area contributed by atoms with Crippen LogP contribution < -0.4 is 15.8 Å². The number of rotatable bonds is 5. The summed E-state index contributed by atoms with van der Waals surface area (Å²) < 4.78 is 18.8. The molecule has 3 nitrogen and oxygen atoms in total. The fraction of sp³-hybridized carbons (Fsp3) is 0.538. The SMILES string of the molecule is NCCCNCC1CCc2cc(F)ccc2O1. The first-order valence-electron chi connectivity index (χ1n) is 6.15. The van der Waals surface area contributed by atoms with Crippen molar-refractivity contribution in [1.82, 2.24) is 5.32 Å². The lowest BCUT2D eigenvalue weighted by Gasteiger charge is -2.26. The van der Waals surface area contributed by atoms with Gasteiger partial charge in [-0.25, -0.2) is 4.39 Å². The van der Waals surface area contributed by atoms with Crippen molar-refractivity contribution >= 4 is 0 Å². The number of hydrogen-bond acceptors (Lipinski definition) is 3. The van der Waals surface area contributed by atoms with Gasteiger partial charge in [0.05, 0.1) is 0 Å². The summed E-state index contributed by atoms with van der Waals surface area (Å²) in [6, 6.07) is 4.73. The van der Waals surface area contributed by atoms with Crippen molar-refractivity contribution in [3.8, 4) is 5.75 Å². The first kappa shape index (κ1) is 12.3. The van der Waals surface area contributed by atoms with Crippen molar-refractivity contribution in [2.45, 2.75) is 25.4 Å². The Labute approximate surface area is 101 Å². The summed E-state index contributed by atoms with van der Waals surface area (Å²) in [7, 11) is 0. The maximum absolute atomic E-state index is 13.0. The average Bonchev–Trinajstić information content (AvgIpc) is 2.35. The monoisotopic (exact) mass is 238 g/mol. The zero-order valence-corrected chi connectivity index (χ0v) is 9.92.